The molecule has 3 aromatic heterocycles. The molecule has 4 aromatic rings. The fraction of sp³-hybridized carbons (Fsp3) is 0.333. The number of hydrogen-bond acceptors (Lipinski definition) is 7. The van der Waals surface area contributed by atoms with Gasteiger partial charge >= 0.3 is 0 Å². The third-order valence-electron chi connectivity index (χ3n) is 5.76. The maximum absolute atomic E-state index is 13.1. The Morgan fingerprint density at radius 3 is 2.85 bits per heavy atom. The molecule has 178 valence electrons. The van der Waals surface area contributed by atoms with Gasteiger partial charge in [0.2, 0.25) is 5.91 Å². The van der Waals surface area contributed by atoms with Crippen molar-refractivity contribution in [3.8, 4) is 5.75 Å². The van der Waals surface area contributed by atoms with Crippen molar-refractivity contribution in [1.82, 2.24) is 24.8 Å². The Labute approximate surface area is 205 Å². The lowest BCUT2D eigenvalue weighted by Gasteiger charge is -2.21. The van der Waals surface area contributed by atoms with Crippen LogP contribution in [0, 0.1) is 13.8 Å². The van der Waals surface area contributed by atoms with E-state index in [0.29, 0.717) is 22.7 Å². The van der Waals surface area contributed by atoms with Gasteiger partial charge in [-0.25, -0.2) is 9.97 Å². The van der Waals surface area contributed by atoms with Crippen LogP contribution in [0.2, 0.25) is 0 Å². The maximum atomic E-state index is 13.1. The number of rotatable bonds is 8. The van der Waals surface area contributed by atoms with Crippen LogP contribution in [-0.4, -0.2) is 37.8 Å². The van der Waals surface area contributed by atoms with Crippen molar-refractivity contribution in [3.63, 3.8) is 0 Å². The monoisotopic (exact) mass is 497 g/mol. The number of thioether (sulfide) groups is 1. The highest BCUT2D eigenvalue weighted by Gasteiger charge is 2.24. The normalized spacial score (nSPS) is 13.1. The van der Waals surface area contributed by atoms with Crippen molar-refractivity contribution in [3.05, 3.63) is 74.7 Å². The van der Waals surface area contributed by atoms with E-state index in [4.69, 9.17) is 4.74 Å². The van der Waals surface area contributed by atoms with Crippen LogP contribution in [0.1, 0.15) is 40.6 Å². The molecule has 2 N–H and O–H groups in total. The number of aromatic nitrogens is 4. The van der Waals surface area contributed by atoms with Crippen molar-refractivity contribution in [1.29, 1.82) is 0 Å². The molecule has 1 amide bonds. The molecule has 4 rings (SSSR count). The second-order valence-electron chi connectivity index (χ2n) is 8.04. The van der Waals surface area contributed by atoms with Crippen molar-refractivity contribution in [2.75, 3.05) is 7.11 Å². The Bertz CT molecular complexity index is 1390. The molecule has 0 bridgehead atoms. The third-order valence-corrected chi connectivity index (χ3v) is 8.01. The summed E-state index contributed by atoms with van der Waals surface area (Å²) in [6.07, 6.45) is 3.55. The number of amides is 1. The van der Waals surface area contributed by atoms with E-state index in [0.717, 1.165) is 26.7 Å². The Morgan fingerprint density at radius 1 is 1.35 bits per heavy atom. The summed E-state index contributed by atoms with van der Waals surface area (Å²) in [6.45, 7) is 5.77. The van der Waals surface area contributed by atoms with Crippen molar-refractivity contribution >= 4 is 39.2 Å². The van der Waals surface area contributed by atoms with Crippen LogP contribution in [0.5, 0.6) is 5.75 Å². The van der Waals surface area contributed by atoms with E-state index in [1.165, 1.54) is 23.1 Å². The van der Waals surface area contributed by atoms with Gasteiger partial charge in [-0.2, -0.15) is 0 Å². The lowest BCUT2D eigenvalue weighted by molar-refractivity contribution is -0.120. The van der Waals surface area contributed by atoms with Gasteiger partial charge < -0.3 is 19.6 Å². The number of hydrogen-bond donors (Lipinski definition) is 2. The van der Waals surface area contributed by atoms with Gasteiger partial charge in [-0.05, 0) is 44.0 Å². The molecule has 34 heavy (non-hydrogen) atoms. The van der Waals surface area contributed by atoms with E-state index < -0.39 is 6.04 Å². The van der Waals surface area contributed by atoms with E-state index in [9.17, 15) is 9.59 Å². The van der Waals surface area contributed by atoms with Crippen LogP contribution in [0.4, 0.5) is 0 Å². The molecule has 0 radical (unpaired) electrons. The zero-order valence-corrected chi connectivity index (χ0v) is 21.3. The summed E-state index contributed by atoms with van der Waals surface area (Å²) >= 11 is 2.94. The van der Waals surface area contributed by atoms with Gasteiger partial charge in [0, 0.05) is 24.3 Å². The minimum Gasteiger partial charge on any atom is -0.497 e. The summed E-state index contributed by atoms with van der Waals surface area (Å²) in [5, 5.41) is 3.40. The summed E-state index contributed by atoms with van der Waals surface area (Å²) in [4.78, 5) is 39.4. The molecule has 8 nitrogen and oxygen atoms in total. The number of methoxy groups -OCH3 is 1. The van der Waals surface area contributed by atoms with Crippen LogP contribution in [-0.2, 0) is 17.6 Å². The summed E-state index contributed by atoms with van der Waals surface area (Å²) in [5.41, 5.74) is 1.71. The Kier molecular flexibility index (Phi) is 7.08. The number of ether oxygens (including phenoxy) is 1. The highest BCUT2D eigenvalue weighted by atomic mass is 32.2. The molecule has 0 fully saturated rings. The molecule has 0 spiro atoms. The zero-order valence-electron chi connectivity index (χ0n) is 19.7. The first-order valence-corrected chi connectivity index (χ1v) is 12.7. The van der Waals surface area contributed by atoms with Crippen molar-refractivity contribution in [2.45, 2.75) is 37.8 Å². The van der Waals surface area contributed by atoms with Gasteiger partial charge in [-0.1, -0.05) is 12.1 Å². The molecule has 2 atom stereocenters. The van der Waals surface area contributed by atoms with E-state index >= 15 is 0 Å². The Morgan fingerprint density at radius 2 is 2.15 bits per heavy atom. The molecule has 2 unspecified atom stereocenters. The molecule has 0 aliphatic heterocycles. The molecule has 0 saturated carbocycles. The number of fused-ring (bicyclic) bond motifs is 1. The van der Waals surface area contributed by atoms with Gasteiger partial charge in [0.25, 0.3) is 5.56 Å². The van der Waals surface area contributed by atoms with Crippen LogP contribution in [0.15, 0.2) is 41.5 Å². The molecular weight excluding hydrogens is 470 g/mol. The van der Waals surface area contributed by atoms with Crippen LogP contribution in [0.3, 0.4) is 0 Å². The molecule has 1 aromatic carbocycles. The number of carbonyl (C=O) groups is 1. The van der Waals surface area contributed by atoms with Crippen LogP contribution >= 0.6 is 23.1 Å². The van der Waals surface area contributed by atoms with Gasteiger partial charge in [0.15, 0.2) is 0 Å². The van der Waals surface area contributed by atoms with Crippen LogP contribution < -0.4 is 15.6 Å². The number of benzene rings is 1. The summed E-state index contributed by atoms with van der Waals surface area (Å²) < 4.78 is 7.25. The SMILES string of the molecule is COc1cccc(C(NC(=O)C(C)SCc2nc3sc(C)c(C)c3c(=O)[nH]2)c2nccn2C)c1. The molecular formula is C24H27N5O3S2. The Hall–Kier alpha value is -3.11. The Balaban J connectivity index is 1.50. The number of imidazole rings is 1. The minimum atomic E-state index is -0.433. The first-order valence-electron chi connectivity index (χ1n) is 10.8. The van der Waals surface area contributed by atoms with Gasteiger partial charge in [-0.15, -0.1) is 23.1 Å². The zero-order chi connectivity index (χ0) is 24.4. The van der Waals surface area contributed by atoms with E-state index in [-0.39, 0.29) is 16.7 Å². The van der Waals surface area contributed by atoms with E-state index in [1.54, 1.807) is 13.3 Å². The summed E-state index contributed by atoms with van der Waals surface area (Å²) in [6, 6.07) is 7.15. The predicted molar refractivity (Wildman–Crippen MR) is 137 cm³/mol. The number of aromatic amines is 1. The topological polar surface area (TPSA) is 102 Å². The summed E-state index contributed by atoms with van der Waals surface area (Å²) in [7, 11) is 3.51. The number of nitrogens with zero attached hydrogens (tertiary/aromatic N) is 3. The molecule has 10 heteroatoms. The first kappa shape index (κ1) is 24.0. The van der Waals surface area contributed by atoms with Gasteiger partial charge in [0.1, 0.15) is 28.3 Å². The highest BCUT2D eigenvalue weighted by Crippen LogP contribution is 2.28. The number of H-pyrrole nitrogens is 1. The lowest BCUT2D eigenvalue weighted by atomic mass is 10.1. The second kappa shape index (κ2) is 10.0. The average molecular weight is 498 g/mol. The predicted octanol–water partition coefficient (Wildman–Crippen LogP) is 3.87. The minimum absolute atomic E-state index is 0.132. The van der Waals surface area contributed by atoms with E-state index in [2.05, 4.69) is 20.3 Å². The smallest absolute Gasteiger partial charge is 0.259 e. The van der Waals surface area contributed by atoms with Crippen molar-refractivity contribution in [2.24, 2.45) is 7.05 Å². The third kappa shape index (κ3) is 4.88. The molecule has 0 aliphatic rings. The molecule has 0 saturated heterocycles. The quantitative estimate of drug-likeness (QED) is 0.383. The molecule has 0 aliphatic carbocycles. The first-order chi connectivity index (χ1) is 16.3. The van der Waals surface area contributed by atoms with E-state index in [1.807, 2.05) is 62.8 Å². The van der Waals surface area contributed by atoms with Gasteiger partial charge in [-0.3, -0.25) is 9.59 Å². The molecule has 3 heterocycles. The summed E-state index contributed by atoms with van der Waals surface area (Å²) in [5.74, 6) is 2.28. The highest BCUT2D eigenvalue weighted by molar-refractivity contribution is 7.99. The lowest BCUT2D eigenvalue weighted by Crippen LogP contribution is -2.36. The van der Waals surface area contributed by atoms with Crippen LogP contribution in [0.25, 0.3) is 10.2 Å². The average Bonchev–Trinajstić information content (AvgIpc) is 3.37. The standard InChI is InChI=1S/C24H27N5O3S2/c1-13-14(2)34-24-19(13)23(31)26-18(27-24)12-33-15(3)22(30)28-20(21-25-9-10-29(21)4)16-7-6-8-17(11-16)32-5/h6-11,15,20H,12H2,1-5H3,(H,28,30)(H,26,27,31). The number of carbonyl (C=O) groups excluding carboxylic acids is 1. The number of nitrogens with one attached hydrogen (secondary N) is 2. The number of aryl methyl sites for hydroxylation is 3. The van der Waals surface area contributed by atoms with Gasteiger partial charge in [0.05, 0.1) is 23.5 Å². The fourth-order valence-corrected chi connectivity index (χ4v) is 5.49. The maximum Gasteiger partial charge on any atom is 0.259 e. The van der Waals surface area contributed by atoms with Crippen molar-refractivity contribution < 1.29 is 9.53 Å². The second-order valence-corrected chi connectivity index (χ2v) is 10.6. The number of thiophene rings is 1. The fourth-order valence-electron chi connectivity index (χ4n) is 3.68. The largest absolute Gasteiger partial charge is 0.497 e.